The van der Waals surface area contributed by atoms with Crippen molar-refractivity contribution in [1.29, 1.82) is 0 Å². The molecule has 17 heavy (non-hydrogen) atoms. The van der Waals surface area contributed by atoms with Crippen LogP contribution in [0.5, 0.6) is 0 Å². The third-order valence-corrected chi connectivity index (χ3v) is 4.35. The summed E-state index contributed by atoms with van der Waals surface area (Å²) in [5.74, 6) is 0. The highest BCUT2D eigenvalue weighted by Crippen LogP contribution is 2.64. The SMILES string of the molecule is CC1(C)CC1(CO)c1ccnc2ccccc12. The fourth-order valence-electron chi connectivity index (χ4n) is 3.04. The van der Waals surface area contributed by atoms with E-state index in [4.69, 9.17) is 0 Å². The number of hydrogen-bond acceptors (Lipinski definition) is 2. The van der Waals surface area contributed by atoms with Gasteiger partial charge in [0, 0.05) is 17.0 Å². The van der Waals surface area contributed by atoms with Crippen LogP contribution in [0.2, 0.25) is 0 Å². The fraction of sp³-hybridized carbons (Fsp3) is 0.400. The molecule has 0 spiro atoms. The maximum absolute atomic E-state index is 9.78. The molecule has 1 N–H and O–H groups in total. The topological polar surface area (TPSA) is 33.1 Å². The highest BCUT2D eigenvalue weighted by atomic mass is 16.3. The van der Waals surface area contributed by atoms with Gasteiger partial charge in [-0.25, -0.2) is 0 Å². The first-order valence-electron chi connectivity index (χ1n) is 6.06. The second-order valence-corrected chi connectivity index (χ2v) is 5.68. The molecule has 0 aliphatic heterocycles. The quantitative estimate of drug-likeness (QED) is 0.855. The van der Waals surface area contributed by atoms with Crippen LogP contribution >= 0.6 is 0 Å². The molecule has 1 aromatic carbocycles. The molecule has 3 rings (SSSR count). The third kappa shape index (κ3) is 1.34. The summed E-state index contributed by atoms with van der Waals surface area (Å²) in [6.45, 7) is 4.66. The predicted molar refractivity (Wildman–Crippen MR) is 68.9 cm³/mol. The lowest BCUT2D eigenvalue weighted by molar-refractivity contribution is 0.232. The molecule has 1 aliphatic rings. The van der Waals surface area contributed by atoms with E-state index in [1.54, 1.807) is 0 Å². The maximum Gasteiger partial charge on any atom is 0.0704 e. The first-order valence-corrected chi connectivity index (χ1v) is 6.06. The normalized spacial score (nSPS) is 26.1. The van der Waals surface area contributed by atoms with Gasteiger partial charge in [0.15, 0.2) is 0 Å². The van der Waals surface area contributed by atoms with E-state index in [0.717, 1.165) is 11.9 Å². The molecule has 2 nitrogen and oxygen atoms in total. The van der Waals surface area contributed by atoms with Gasteiger partial charge < -0.3 is 5.11 Å². The largest absolute Gasteiger partial charge is 0.395 e. The average molecular weight is 227 g/mol. The Kier molecular flexibility index (Phi) is 2.08. The molecule has 0 amide bonds. The van der Waals surface area contributed by atoms with Crippen molar-refractivity contribution in [2.24, 2.45) is 5.41 Å². The Morgan fingerprint density at radius 3 is 2.59 bits per heavy atom. The van der Waals surface area contributed by atoms with Crippen LogP contribution in [0.25, 0.3) is 10.9 Å². The minimum absolute atomic E-state index is 0.0739. The summed E-state index contributed by atoms with van der Waals surface area (Å²) < 4.78 is 0. The van der Waals surface area contributed by atoms with E-state index < -0.39 is 0 Å². The van der Waals surface area contributed by atoms with Crippen LogP contribution in [0.1, 0.15) is 25.8 Å². The Morgan fingerprint density at radius 1 is 1.24 bits per heavy atom. The Balaban J connectivity index is 2.25. The third-order valence-electron chi connectivity index (χ3n) is 4.35. The minimum Gasteiger partial charge on any atom is -0.395 e. The van der Waals surface area contributed by atoms with Crippen molar-refractivity contribution in [3.8, 4) is 0 Å². The highest BCUT2D eigenvalue weighted by Gasteiger charge is 2.62. The number of nitrogens with zero attached hydrogens (tertiary/aromatic N) is 1. The molecule has 1 fully saturated rings. The lowest BCUT2D eigenvalue weighted by atomic mass is 9.87. The monoisotopic (exact) mass is 227 g/mol. The molecule has 0 saturated heterocycles. The smallest absolute Gasteiger partial charge is 0.0704 e. The standard InChI is InChI=1S/C15H17NO/c1-14(2)9-15(14,10-17)12-7-8-16-13-6-4-3-5-11(12)13/h3-8,17H,9-10H2,1-2H3. The Morgan fingerprint density at radius 2 is 1.94 bits per heavy atom. The van der Waals surface area contributed by atoms with Crippen molar-refractivity contribution >= 4 is 10.9 Å². The molecule has 1 unspecified atom stereocenters. The van der Waals surface area contributed by atoms with Crippen LogP contribution in [-0.4, -0.2) is 16.7 Å². The molecule has 1 atom stereocenters. The summed E-state index contributed by atoms with van der Waals surface area (Å²) in [5.41, 5.74) is 2.37. The van der Waals surface area contributed by atoms with Crippen molar-refractivity contribution in [2.75, 3.05) is 6.61 Å². The number of hydrogen-bond donors (Lipinski definition) is 1. The second-order valence-electron chi connectivity index (χ2n) is 5.68. The molecular weight excluding hydrogens is 210 g/mol. The first kappa shape index (κ1) is 10.7. The zero-order chi connectivity index (χ0) is 12.1. The second kappa shape index (κ2) is 3.30. The number of fused-ring (bicyclic) bond motifs is 1. The van der Waals surface area contributed by atoms with Gasteiger partial charge in [0.1, 0.15) is 0 Å². The molecule has 1 aromatic heterocycles. The van der Waals surface area contributed by atoms with Gasteiger partial charge in [0.2, 0.25) is 0 Å². The van der Waals surface area contributed by atoms with E-state index in [1.165, 1.54) is 10.9 Å². The molecule has 1 saturated carbocycles. The van der Waals surface area contributed by atoms with Gasteiger partial charge in [0.05, 0.1) is 12.1 Å². The first-order chi connectivity index (χ1) is 8.11. The van der Waals surface area contributed by atoms with Crippen molar-refractivity contribution in [3.63, 3.8) is 0 Å². The number of rotatable bonds is 2. The summed E-state index contributed by atoms with van der Waals surface area (Å²) in [6.07, 6.45) is 2.90. The molecule has 0 radical (unpaired) electrons. The molecule has 2 aromatic rings. The van der Waals surface area contributed by atoms with Crippen LogP contribution < -0.4 is 0 Å². The average Bonchev–Trinajstić information content (AvgIpc) is 2.92. The summed E-state index contributed by atoms with van der Waals surface area (Å²) >= 11 is 0. The highest BCUT2D eigenvalue weighted by molar-refractivity contribution is 5.83. The number of benzene rings is 1. The van der Waals surface area contributed by atoms with E-state index >= 15 is 0 Å². The van der Waals surface area contributed by atoms with Gasteiger partial charge in [-0.2, -0.15) is 0 Å². The van der Waals surface area contributed by atoms with Gasteiger partial charge in [0.25, 0.3) is 0 Å². The summed E-state index contributed by atoms with van der Waals surface area (Å²) in [7, 11) is 0. The van der Waals surface area contributed by atoms with Crippen molar-refractivity contribution in [3.05, 3.63) is 42.1 Å². The summed E-state index contributed by atoms with van der Waals surface area (Å²) in [5, 5.41) is 11.0. The summed E-state index contributed by atoms with van der Waals surface area (Å²) in [6, 6.07) is 10.2. The molecule has 2 heteroatoms. The fourth-order valence-corrected chi connectivity index (χ4v) is 3.04. The number of pyridine rings is 1. The van der Waals surface area contributed by atoms with Crippen LogP contribution in [0.4, 0.5) is 0 Å². The minimum atomic E-state index is -0.0739. The number of aliphatic hydroxyl groups is 1. The number of para-hydroxylation sites is 1. The van der Waals surface area contributed by atoms with Crippen molar-refractivity contribution in [1.82, 2.24) is 4.98 Å². The number of aliphatic hydroxyl groups excluding tert-OH is 1. The van der Waals surface area contributed by atoms with Gasteiger partial charge >= 0.3 is 0 Å². The van der Waals surface area contributed by atoms with Crippen molar-refractivity contribution in [2.45, 2.75) is 25.7 Å². The van der Waals surface area contributed by atoms with E-state index in [-0.39, 0.29) is 17.4 Å². The van der Waals surface area contributed by atoms with Crippen LogP contribution in [0.15, 0.2) is 36.5 Å². The lowest BCUT2D eigenvalue weighted by Gasteiger charge is -2.20. The zero-order valence-electron chi connectivity index (χ0n) is 10.3. The van der Waals surface area contributed by atoms with Gasteiger partial charge in [-0.15, -0.1) is 0 Å². The van der Waals surface area contributed by atoms with E-state index in [0.29, 0.717) is 0 Å². The van der Waals surface area contributed by atoms with Gasteiger partial charge in [-0.3, -0.25) is 4.98 Å². The van der Waals surface area contributed by atoms with Crippen molar-refractivity contribution < 1.29 is 5.11 Å². The van der Waals surface area contributed by atoms with Crippen LogP contribution in [0, 0.1) is 5.41 Å². The summed E-state index contributed by atoms with van der Waals surface area (Å²) in [4.78, 5) is 4.38. The molecule has 88 valence electrons. The Labute approximate surface area is 101 Å². The maximum atomic E-state index is 9.78. The molecule has 0 bridgehead atoms. The zero-order valence-corrected chi connectivity index (χ0v) is 10.3. The van der Waals surface area contributed by atoms with Gasteiger partial charge in [-0.05, 0) is 29.5 Å². The molecule has 1 heterocycles. The predicted octanol–water partition coefficient (Wildman–Crippen LogP) is 2.89. The van der Waals surface area contributed by atoms with Gasteiger partial charge in [-0.1, -0.05) is 32.0 Å². The van der Waals surface area contributed by atoms with E-state index in [1.807, 2.05) is 24.4 Å². The Hall–Kier alpha value is -1.41. The van der Waals surface area contributed by atoms with E-state index in [2.05, 4.69) is 31.0 Å². The van der Waals surface area contributed by atoms with Crippen LogP contribution in [-0.2, 0) is 5.41 Å². The number of aromatic nitrogens is 1. The molecular formula is C15H17NO. The van der Waals surface area contributed by atoms with Crippen LogP contribution in [0.3, 0.4) is 0 Å². The Bertz CT molecular complexity index is 571. The lowest BCUT2D eigenvalue weighted by Crippen LogP contribution is -2.19. The van der Waals surface area contributed by atoms with E-state index in [9.17, 15) is 5.11 Å². The molecule has 1 aliphatic carbocycles.